The molecular weight excluding hydrogens is 272 g/mol. The number of nitrogens with zero attached hydrogens (tertiary/aromatic N) is 1. The van der Waals surface area contributed by atoms with Gasteiger partial charge in [0, 0.05) is 5.70 Å². The maximum atomic E-state index is 11.6. The average Bonchev–Trinajstić information content (AvgIpc) is 2.36. The summed E-state index contributed by atoms with van der Waals surface area (Å²) in [4.78, 5) is 22.5. The van der Waals surface area contributed by atoms with Crippen LogP contribution < -0.4 is 5.32 Å². The number of benzene rings is 1. The summed E-state index contributed by atoms with van der Waals surface area (Å²) in [5, 5.41) is 23.6. The number of allylic oxidation sites excluding steroid dienone is 3. The molecule has 1 atom stereocenters. The molecule has 2 N–H and O–H groups in total. The molecule has 0 saturated carbocycles. The molecule has 0 fully saturated rings. The summed E-state index contributed by atoms with van der Waals surface area (Å²) in [5.41, 5.74) is 2.22. The van der Waals surface area contributed by atoms with Gasteiger partial charge in [0.05, 0.1) is 16.2 Å². The van der Waals surface area contributed by atoms with Crippen molar-refractivity contribution in [2.75, 3.05) is 0 Å². The summed E-state index contributed by atoms with van der Waals surface area (Å²) in [6.45, 7) is 5.07. The first kappa shape index (κ1) is 14.8. The van der Waals surface area contributed by atoms with E-state index in [4.69, 9.17) is 0 Å². The molecule has 0 aromatic heterocycles. The van der Waals surface area contributed by atoms with Crippen molar-refractivity contribution in [2.45, 2.75) is 26.7 Å². The number of carbonyl (C=O) groups is 1. The third kappa shape index (κ3) is 2.65. The van der Waals surface area contributed by atoms with Gasteiger partial charge < -0.3 is 10.4 Å². The Kier molecular flexibility index (Phi) is 3.80. The lowest BCUT2D eigenvalue weighted by atomic mass is 9.83. The molecule has 1 aliphatic rings. The second-order valence-corrected chi connectivity index (χ2v) is 5.08. The van der Waals surface area contributed by atoms with Crippen LogP contribution in [0.3, 0.4) is 0 Å². The van der Waals surface area contributed by atoms with E-state index in [1.807, 2.05) is 13.0 Å². The molecule has 110 valence electrons. The van der Waals surface area contributed by atoms with Crippen LogP contribution in [0.4, 0.5) is 0 Å². The van der Waals surface area contributed by atoms with Gasteiger partial charge in [-0.25, -0.2) is 4.79 Å². The lowest BCUT2D eigenvalue weighted by Crippen LogP contribution is -2.30. The Morgan fingerprint density at radius 3 is 2.48 bits per heavy atom. The summed E-state index contributed by atoms with van der Waals surface area (Å²) < 4.78 is 0. The lowest BCUT2D eigenvalue weighted by molar-refractivity contribution is -0.431. The Morgan fingerprint density at radius 2 is 1.95 bits per heavy atom. The zero-order valence-electron chi connectivity index (χ0n) is 12.0. The monoisotopic (exact) mass is 288 g/mol. The fraction of sp³-hybridized carbons (Fsp3) is 0.267. The molecule has 6 heteroatoms. The second-order valence-electron chi connectivity index (χ2n) is 5.08. The molecule has 2 rings (SSSR count). The molecule has 0 aliphatic carbocycles. The Balaban J connectivity index is 2.70. The van der Waals surface area contributed by atoms with Gasteiger partial charge in [0.1, 0.15) is 5.92 Å². The molecule has 6 nitrogen and oxygen atoms in total. The molecule has 1 aromatic rings. The molecule has 0 bridgehead atoms. The second kappa shape index (κ2) is 5.40. The van der Waals surface area contributed by atoms with Crippen molar-refractivity contribution in [1.82, 2.24) is 5.32 Å². The maximum Gasteiger partial charge on any atom is 0.334 e. The van der Waals surface area contributed by atoms with Crippen LogP contribution in [-0.4, -0.2) is 16.0 Å². The largest absolute Gasteiger partial charge is 0.478 e. The Labute approximate surface area is 121 Å². The van der Waals surface area contributed by atoms with Gasteiger partial charge in [-0.3, -0.25) is 10.1 Å². The van der Waals surface area contributed by atoms with Crippen LogP contribution in [0.5, 0.6) is 0 Å². The number of carboxylic acids is 1. The number of aryl methyl sites for hydroxylation is 1. The predicted molar refractivity (Wildman–Crippen MR) is 77.1 cm³/mol. The van der Waals surface area contributed by atoms with Gasteiger partial charge in [0.15, 0.2) is 0 Å². The smallest absolute Gasteiger partial charge is 0.334 e. The van der Waals surface area contributed by atoms with E-state index >= 15 is 0 Å². The molecule has 0 radical (unpaired) electrons. The fourth-order valence-corrected chi connectivity index (χ4v) is 2.68. The molecule has 1 aliphatic heterocycles. The minimum atomic E-state index is -1.15. The predicted octanol–water partition coefficient (Wildman–Crippen LogP) is 2.55. The number of carboxylic acid groups (broad SMARTS) is 1. The Morgan fingerprint density at radius 1 is 1.29 bits per heavy atom. The molecule has 0 saturated heterocycles. The number of nitro groups is 1. The van der Waals surface area contributed by atoms with E-state index in [2.05, 4.69) is 5.32 Å². The fourth-order valence-electron chi connectivity index (χ4n) is 2.68. The third-order valence-corrected chi connectivity index (χ3v) is 3.53. The van der Waals surface area contributed by atoms with Crippen LogP contribution in [0.1, 0.15) is 30.9 Å². The van der Waals surface area contributed by atoms with Gasteiger partial charge in [0.25, 0.3) is 5.70 Å². The van der Waals surface area contributed by atoms with Crippen molar-refractivity contribution in [2.24, 2.45) is 0 Å². The molecule has 21 heavy (non-hydrogen) atoms. The molecular formula is C15H16N2O4. The molecule has 0 amide bonds. The zero-order valence-corrected chi connectivity index (χ0v) is 12.0. The first-order valence-electron chi connectivity index (χ1n) is 6.45. The van der Waals surface area contributed by atoms with Crippen LogP contribution in [-0.2, 0) is 4.79 Å². The highest BCUT2D eigenvalue weighted by atomic mass is 16.6. The number of rotatable bonds is 3. The standard InChI is InChI=1S/C15H16N2O4/c1-8-5-4-6-11(7-8)13-12(15(18)19)9(2)16-10(3)14(13)17(20)21/h4-7,13,16H,1-3H3,(H,18,19). The number of dihydropyridines is 1. The van der Waals surface area contributed by atoms with Crippen LogP contribution in [0.25, 0.3) is 0 Å². The minimum Gasteiger partial charge on any atom is -0.478 e. The lowest BCUT2D eigenvalue weighted by Gasteiger charge is -2.25. The van der Waals surface area contributed by atoms with Gasteiger partial charge in [-0.1, -0.05) is 29.8 Å². The van der Waals surface area contributed by atoms with Crippen molar-refractivity contribution in [3.8, 4) is 0 Å². The Hall–Kier alpha value is -2.63. The number of aliphatic carboxylic acids is 1. The minimum absolute atomic E-state index is 0.0119. The van der Waals surface area contributed by atoms with Gasteiger partial charge in [-0.2, -0.15) is 0 Å². The number of nitrogens with one attached hydrogen (secondary N) is 1. The van der Waals surface area contributed by atoms with E-state index in [9.17, 15) is 20.0 Å². The quantitative estimate of drug-likeness (QED) is 0.658. The highest BCUT2D eigenvalue weighted by Crippen LogP contribution is 2.38. The molecule has 0 spiro atoms. The van der Waals surface area contributed by atoms with E-state index in [1.54, 1.807) is 32.0 Å². The van der Waals surface area contributed by atoms with Crippen LogP contribution >= 0.6 is 0 Å². The van der Waals surface area contributed by atoms with E-state index in [0.29, 0.717) is 17.0 Å². The van der Waals surface area contributed by atoms with Crippen LogP contribution in [0.15, 0.2) is 46.9 Å². The molecule has 1 heterocycles. The van der Waals surface area contributed by atoms with Crippen LogP contribution in [0, 0.1) is 17.0 Å². The van der Waals surface area contributed by atoms with Crippen molar-refractivity contribution in [1.29, 1.82) is 0 Å². The van der Waals surface area contributed by atoms with E-state index in [0.717, 1.165) is 5.56 Å². The molecule has 1 aromatic carbocycles. The van der Waals surface area contributed by atoms with Gasteiger partial charge >= 0.3 is 5.97 Å². The highest BCUT2D eigenvalue weighted by molar-refractivity contribution is 5.90. The van der Waals surface area contributed by atoms with Crippen molar-refractivity contribution < 1.29 is 14.8 Å². The third-order valence-electron chi connectivity index (χ3n) is 3.53. The zero-order chi connectivity index (χ0) is 15.7. The van der Waals surface area contributed by atoms with E-state index < -0.39 is 16.8 Å². The summed E-state index contributed by atoms with van der Waals surface area (Å²) >= 11 is 0. The average molecular weight is 288 g/mol. The SMILES string of the molecule is CC1=C(C(=O)O)C(c2cccc(C)c2)C([N+](=O)[O-])=C(C)N1. The van der Waals surface area contributed by atoms with Gasteiger partial charge in [0.2, 0.25) is 0 Å². The number of hydrogen-bond acceptors (Lipinski definition) is 4. The van der Waals surface area contributed by atoms with Crippen molar-refractivity contribution in [3.05, 3.63) is 68.2 Å². The first-order chi connectivity index (χ1) is 9.82. The number of hydrogen-bond donors (Lipinski definition) is 2. The topological polar surface area (TPSA) is 92.5 Å². The van der Waals surface area contributed by atoms with Gasteiger partial charge in [-0.05, 0) is 26.3 Å². The van der Waals surface area contributed by atoms with E-state index in [1.165, 1.54) is 0 Å². The van der Waals surface area contributed by atoms with Crippen molar-refractivity contribution >= 4 is 5.97 Å². The maximum absolute atomic E-state index is 11.6. The summed E-state index contributed by atoms with van der Waals surface area (Å²) in [7, 11) is 0. The van der Waals surface area contributed by atoms with Crippen LogP contribution in [0.2, 0.25) is 0 Å². The Bertz CT molecular complexity index is 653. The normalized spacial score (nSPS) is 18.5. The highest BCUT2D eigenvalue weighted by Gasteiger charge is 2.40. The first-order valence-corrected chi connectivity index (χ1v) is 6.45. The summed E-state index contributed by atoms with van der Waals surface area (Å²) in [6.07, 6.45) is 0. The van der Waals surface area contributed by atoms with E-state index in [-0.39, 0.29) is 11.3 Å². The van der Waals surface area contributed by atoms with Gasteiger partial charge in [-0.15, -0.1) is 0 Å². The molecule has 1 unspecified atom stereocenters. The summed E-state index contributed by atoms with van der Waals surface area (Å²) in [5.74, 6) is -2.03. The summed E-state index contributed by atoms with van der Waals surface area (Å²) in [6, 6.07) is 7.14. The van der Waals surface area contributed by atoms with Crippen molar-refractivity contribution in [3.63, 3.8) is 0 Å².